The number of aromatic nitrogens is 1. The number of morpholine rings is 1. The molecule has 1 saturated heterocycles. The Hall–Kier alpha value is -2.97. The normalized spacial score (nSPS) is 14.3. The molecule has 1 fully saturated rings. The highest BCUT2D eigenvalue weighted by Crippen LogP contribution is 2.16. The first-order valence-electron chi connectivity index (χ1n) is 9.66. The van der Waals surface area contributed by atoms with Crippen molar-refractivity contribution >= 4 is 23.2 Å². The van der Waals surface area contributed by atoms with Crippen molar-refractivity contribution in [2.24, 2.45) is 0 Å². The summed E-state index contributed by atoms with van der Waals surface area (Å²) in [6.45, 7) is 4.54. The van der Waals surface area contributed by atoms with Crippen LogP contribution in [-0.2, 0) is 4.74 Å². The number of nitrogens with zero attached hydrogens (tertiary/aromatic N) is 3. The number of benzene rings is 1. The topological polar surface area (TPSA) is 86.8 Å². The largest absolute Gasteiger partial charge is 0.379 e. The number of hydrogen-bond acceptors (Lipinski definition) is 6. The third-order valence-corrected chi connectivity index (χ3v) is 4.71. The standard InChI is InChI=1S/C21H27N5O3/c1-25(2)18-5-3-17(4-6-18)24-21(28)19-15-16(7-8-22-19)20(27)23-9-10-26-11-13-29-14-12-26/h3-8,15H,9-14H2,1-2H3,(H,23,27)(H,24,28). The van der Waals surface area contributed by atoms with Crippen molar-refractivity contribution in [3.05, 3.63) is 53.9 Å². The highest BCUT2D eigenvalue weighted by atomic mass is 16.5. The number of carbonyl (C=O) groups is 2. The molecule has 0 aliphatic carbocycles. The Bertz CT molecular complexity index is 832. The lowest BCUT2D eigenvalue weighted by atomic mass is 10.2. The molecular formula is C21H27N5O3. The minimum absolute atomic E-state index is 0.197. The maximum absolute atomic E-state index is 12.5. The molecule has 1 aliphatic rings. The van der Waals surface area contributed by atoms with Crippen LogP contribution in [0, 0.1) is 0 Å². The summed E-state index contributed by atoms with van der Waals surface area (Å²) in [7, 11) is 3.91. The average Bonchev–Trinajstić information content (AvgIpc) is 2.75. The fourth-order valence-corrected chi connectivity index (χ4v) is 2.99. The van der Waals surface area contributed by atoms with Crippen molar-refractivity contribution in [3.8, 4) is 0 Å². The molecule has 0 saturated carbocycles. The summed E-state index contributed by atoms with van der Waals surface area (Å²) >= 11 is 0. The second-order valence-electron chi connectivity index (χ2n) is 7.04. The molecule has 8 heteroatoms. The number of hydrogen-bond donors (Lipinski definition) is 2. The third-order valence-electron chi connectivity index (χ3n) is 4.71. The van der Waals surface area contributed by atoms with Crippen LogP contribution in [0.4, 0.5) is 11.4 Å². The van der Waals surface area contributed by atoms with E-state index in [1.54, 1.807) is 6.07 Å². The van der Waals surface area contributed by atoms with Crippen molar-refractivity contribution in [1.29, 1.82) is 0 Å². The van der Waals surface area contributed by atoms with Crippen LogP contribution in [0.15, 0.2) is 42.6 Å². The first-order chi connectivity index (χ1) is 14.0. The zero-order valence-corrected chi connectivity index (χ0v) is 16.9. The zero-order chi connectivity index (χ0) is 20.6. The first-order valence-corrected chi connectivity index (χ1v) is 9.66. The molecular weight excluding hydrogens is 370 g/mol. The lowest BCUT2D eigenvalue weighted by Crippen LogP contribution is -2.41. The fraction of sp³-hybridized carbons (Fsp3) is 0.381. The Kier molecular flexibility index (Phi) is 7.15. The van der Waals surface area contributed by atoms with Crippen LogP contribution in [0.3, 0.4) is 0 Å². The van der Waals surface area contributed by atoms with E-state index in [2.05, 4.69) is 20.5 Å². The van der Waals surface area contributed by atoms with E-state index in [9.17, 15) is 9.59 Å². The SMILES string of the molecule is CN(C)c1ccc(NC(=O)c2cc(C(=O)NCCN3CCOCC3)ccn2)cc1. The molecule has 154 valence electrons. The Morgan fingerprint density at radius 2 is 1.83 bits per heavy atom. The number of amides is 2. The van der Waals surface area contributed by atoms with Crippen LogP contribution in [0.1, 0.15) is 20.8 Å². The van der Waals surface area contributed by atoms with Crippen molar-refractivity contribution < 1.29 is 14.3 Å². The predicted molar refractivity (Wildman–Crippen MR) is 113 cm³/mol. The van der Waals surface area contributed by atoms with E-state index >= 15 is 0 Å². The molecule has 0 radical (unpaired) electrons. The minimum atomic E-state index is -0.356. The zero-order valence-electron chi connectivity index (χ0n) is 16.9. The van der Waals surface area contributed by atoms with Gasteiger partial charge >= 0.3 is 0 Å². The number of anilines is 2. The van der Waals surface area contributed by atoms with Gasteiger partial charge in [-0.1, -0.05) is 0 Å². The van der Waals surface area contributed by atoms with Crippen molar-refractivity contribution in [2.75, 3.05) is 63.7 Å². The minimum Gasteiger partial charge on any atom is -0.379 e. The molecule has 2 heterocycles. The molecule has 0 atom stereocenters. The number of ether oxygens (including phenoxy) is 1. The predicted octanol–water partition coefficient (Wildman–Crippen LogP) is 1.46. The molecule has 1 aromatic heterocycles. The monoisotopic (exact) mass is 397 g/mol. The summed E-state index contributed by atoms with van der Waals surface area (Å²) in [5, 5.41) is 5.70. The molecule has 2 aromatic rings. The van der Waals surface area contributed by atoms with Gasteiger partial charge in [0.2, 0.25) is 0 Å². The van der Waals surface area contributed by atoms with Gasteiger partial charge in [-0.3, -0.25) is 19.5 Å². The van der Waals surface area contributed by atoms with Crippen LogP contribution in [-0.4, -0.2) is 75.2 Å². The van der Waals surface area contributed by atoms with Crippen molar-refractivity contribution in [2.45, 2.75) is 0 Å². The quantitative estimate of drug-likeness (QED) is 0.736. The lowest BCUT2D eigenvalue weighted by Gasteiger charge is -2.26. The van der Waals surface area contributed by atoms with Gasteiger partial charge < -0.3 is 20.3 Å². The second-order valence-corrected chi connectivity index (χ2v) is 7.04. The summed E-state index contributed by atoms with van der Waals surface area (Å²) in [4.78, 5) is 33.2. The Balaban J connectivity index is 1.54. The number of rotatable bonds is 7. The van der Waals surface area contributed by atoms with Gasteiger partial charge in [0.15, 0.2) is 0 Å². The van der Waals surface area contributed by atoms with Crippen LogP contribution >= 0.6 is 0 Å². The van der Waals surface area contributed by atoms with Gasteiger partial charge in [0.25, 0.3) is 11.8 Å². The van der Waals surface area contributed by atoms with E-state index in [0.29, 0.717) is 17.8 Å². The number of nitrogens with one attached hydrogen (secondary N) is 2. The molecule has 29 heavy (non-hydrogen) atoms. The van der Waals surface area contributed by atoms with E-state index < -0.39 is 0 Å². The van der Waals surface area contributed by atoms with E-state index in [0.717, 1.165) is 38.5 Å². The highest BCUT2D eigenvalue weighted by molar-refractivity contribution is 6.04. The maximum atomic E-state index is 12.5. The third kappa shape index (κ3) is 6.00. The van der Waals surface area contributed by atoms with Crippen LogP contribution in [0.2, 0.25) is 0 Å². The average molecular weight is 397 g/mol. The highest BCUT2D eigenvalue weighted by Gasteiger charge is 2.14. The molecule has 1 aromatic carbocycles. The van der Waals surface area contributed by atoms with Gasteiger partial charge in [-0.05, 0) is 36.4 Å². The van der Waals surface area contributed by atoms with Gasteiger partial charge in [0.05, 0.1) is 13.2 Å². The fourth-order valence-electron chi connectivity index (χ4n) is 2.99. The van der Waals surface area contributed by atoms with Crippen molar-refractivity contribution in [1.82, 2.24) is 15.2 Å². The van der Waals surface area contributed by atoms with Gasteiger partial charge in [-0.2, -0.15) is 0 Å². The van der Waals surface area contributed by atoms with Gasteiger partial charge in [0, 0.05) is 63.4 Å². The number of carbonyl (C=O) groups excluding carboxylic acids is 2. The van der Waals surface area contributed by atoms with E-state index in [4.69, 9.17) is 4.74 Å². The number of pyridine rings is 1. The van der Waals surface area contributed by atoms with Gasteiger partial charge in [0.1, 0.15) is 5.69 Å². The second kappa shape index (κ2) is 9.99. The summed E-state index contributed by atoms with van der Waals surface area (Å²) in [5.41, 5.74) is 2.32. The molecule has 0 unspecified atom stereocenters. The molecule has 2 N–H and O–H groups in total. The van der Waals surface area contributed by atoms with Gasteiger partial charge in [-0.15, -0.1) is 0 Å². The Labute approximate surface area is 170 Å². The lowest BCUT2D eigenvalue weighted by molar-refractivity contribution is 0.0383. The molecule has 2 amide bonds. The van der Waals surface area contributed by atoms with Crippen molar-refractivity contribution in [3.63, 3.8) is 0 Å². The Morgan fingerprint density at radius 3 is 2.52 bits per heavy atom. The molecule has 1 aliphatic heterocycles. The first kappa shape index (κ1) is 20.8. The smallest absolute Gasteiger partial charge is 0.274 e. The van der Waals surface area contributed by atoms with E-state index in [-0.39, 0.29) is 17.5 Å². The van der Waals surface area contributed by atoms with Crippen LogP contribution < -0.4 is 15.5 Å². The summed E-state index contributed by atoms with van der Waals surface area (Å²) < 4.78 is 5.31. The Morgan fingerprint density at radius 1 is 1.10 bits per heavy atom. The summed E-state index contributed by atoms with van der Waals surface area (Å²) in [5.74, 6) is -0.574. The summed E-state index contributed by atoms with van der Waals surface area (Å²) in [6.07, 6.45) is 1.47. The van der Waals surface area contributed by atoms with E-state index in [1.165, 1.54) is 12.3 Å². The molecule has 3 rings (SSSR count). The van der Waals surface area contributed by atoms with E-state index in [1.807, 2.05) is 43.3 Å². The molecule has 8 nitrogen and oxygen atoms in total. The van der Waals surface area contributed by atoms with Gasteiger partial charge in [-0.25, -0.2) is 0 Å². The van der Waals surface area contributed by atoms with Crippen LogP contribution in [0.25, 0.3) is 0 Å². The maximum Gasteiger partial charge on any atom is 0.274 e. The molecule has 0 spiro atoms. The summed E-state index contributed by atoms with van der Waals surface area (Å²) in [6, 6.07) is 10.6. The molecule has 0 bridgehead atoms. The van der Waals surface area contributed by atoms with Crippen LogP contribution in [0.5, 0.6) is 0 Å².